The van der Waals surface area contributed by atoms with E-state index < -0.39 is 37.4 Å². The number of nitro benzene ring substituents is 1. The SMILES string of the molecule is O=C(NNS(=O)(=O)c1ccc(F)c(F)c1)c1cccc([N+](=O)[O-])c1. The highest BCUT2D eigenvalue weighted by Gasteiger charge is 2.18. The number of amides is 1. The molecule has 0 bridgehead atoms. The van der Waals surface area contributed by atoms with Crippen LogP contribution in [0.15, 0.2) is 47.4 Å². The summed E-state index contributed by atoms with van der Waals surface area (Å²) in [6, 6.07) is 6.44. The van der Waals surface area contributed by atoms with Crippen LogP contribution in [-0.4, -0.2) is 19.2 Å². The second-order valence-corrected chi connectivity index (χ2v) is 6.13. The van der Waals surface area contributed by atoms with Crippen LogP contribution in [0.5, 0.6) is 0 Å². The Hall–Kier alpha value is -2.92. The Bertz CT molecular complexity index is 918. The molecule has 0 heterocycles. The number of nitrogens with one attached hydrogen (secondary N) is 2. The fourth-order valence-electron chi connectivity index (χ4n) is 1.65. The first-order valence-electron chi connectivity index (χ1n) is 6.22. The quantitative estimate of drug-likeness (QED) is 0.621. The summed E-state index contributed by atoms with van der Waals surface area (Å²) in [7, 11) is -4.35. The van der Waals surface area contributed by atoms with Crippen LogP contribution in [0.2, 0.25) is 0 Å². The van der Waals surface area contributed by atoms with Crippen molar-refractivity contribution in [2.24, 2.45) is 0 Å². The van der Waals surface area contributed by atoms with Crippen LogP contribution in [-0.2, 0) is 10.0 Å². The van der Waals surface area contributed by atoms with Gasteiger partial charge in [-0.3, -0.25) is 20.3 Å². The van der Waals surface area contributed by atoms with Crippen molar-refractivity contribution >= 4 is 21.6 Å². The van der Waals surface area contributed by atoms with Crippen molar-refractivity contribution < 1.29 is 26.9 Å². The Balaban J connectivity index is 2.14. The number of nitro groups is 1. The van der Waals surface area contributed by atoms with Gasteiger partial charge in [0.1, 0.15) is 0 Å². The average molecular weight is 357 g/mol. The first kappa shape index (κ1) is 17.4. The molecule has 0 aliphatic carbocycles. The maximum atomic E-state index is 13.1. The summed E-state index contributed by atoms with van der Waals surface area (Å²) < 4.78 is 49.7. The molecule has 2 aromatic carbocycles. The van der Waals surface area contributed by atoms with Crippen LogP contribution in [0, 0.1) is 21.7 Å². The number of hydrogen-bond acceptors (Lipinski definition) is 5. The molecule has 11 heteroatoms. The second-order valence-electron chi connectivity index (χ2n) is 4.44. The zero-order chi connectivity index (χ0) is 17.9. The van der Waals surface area contributed by atoms with Crippen molar-refractivity contribution in [2.75, 3.05) is 0 Å². The predicted molar refractivity (Wildman–Crippen MR) is 77.2 cm³/mol. The number of carbonyl (C=O) groups excluding carboxylic acids is 1. The molecule has 0 aromatic heterocycles. The summed E-state index contributed by atoms with van der Waals surface area (Å²) in [6.07, 6.45) is 0. The summed E-state index contributed by atoms with van der Waals surface area (Å²) in [6.45, 7) is 0. The number of sulfonamides is 1. The molecule has 0 radical (unpaired) electrons. The van der Waals surface area contributed by atoms with Gasteiger partial charge in [0.05, 0.1) is 9.82 Å². The number of benzene rings is 2. The second kappa shape index (κ2) is 6.68. The molecule has 0 aliphatic heterocycles. The molecule has 24 heavy (non-hydrogen) atoms. The van der Waals surface area contributed by atoms with Crippen LogP contribution in [0.4, 0.5) is 14.5 Å². The van der Waals surface area contributed by atoms with Gasteiger partial charge in [-0.1, -0.05) is 6.07 Å². The Labute approximate surface area is 134 Å². The third-order valence-corrected chi connectivity index (χ3v) is 4.06. The minimum absolute atomic E-state index is 0.169. The van der Waals surface area contributed by atoms with Crippen molar-refractivity contribution in [3.8, 4) is 0 Å². The van der Waals surface area contributed by atoms with Crippen LogP contribution in [0.25, 0.3) is 0 Å². The molecule has 0 fully saturated rings. The number of hydrazine groups is 1. The monoisotopic (exact) mass is 357 g/mol. The number of hydrogen-bond donors (Lipinski definition) is 2. The molecule has 0 atom stereocenters. The smallest absolute Gasteiger partial charge is 0.270 e. The van der Waals surface area contributed by atoms with E-state index in [-0.39, 0.29) is 11.3 Å². The Morgan fingerprint density at radius 2 is 1.79 bits per heavy atom. The van der Waals surface area contributed by atoms with Crippen molar-refractivity contribution in [1.29, 1.82) is 0 Å². The molecule has 126 valence electrons. The molecule has 0 saturated carbocycles. The lowest BCUT2D eigenvalue weighted by atomic mass is 10.2. The highest BCUT2D eigenvalue weighted by molar-refractivity contribution is 7.89. The molecule has 1 amide bonds. The van der Waals surface area contributed by atoms with E-state index in [1.165, 1.54) is 12.1 Å². The zero-order valence-corrected chi connectivity index (χ0v) is 12.5. The first-order valence-corrected chi connectivity index (χ1v) is 7.70. The maximum absolute atomic E-state index is 13.1. The first-order chi connectivity index (χ1) is 11.2. The molecule has 0 unspecified atom stereocenters. The van der Waals surface area contributed by atoms with Gasteiger partial charge in [0.25, 0.3) is 21.6 Å². The minimum Gasteiger partial charge on any atom is -0.273 e. The van der Waals surface area contributed by atoms with Gasteiger partial charge in [-0.05, 0) is 24.3 Å². The van der Waals surface area contributed by atoms with Crippen LogP contribution < -0.4 is 10.3 Å². The van der Waals surface area contributed by atoms with Gasteiger partial charge in [0.2, 0.25) is 0 Å². The summed E-state index contributed by atoms with van der Waals surface area (Å²) in [4.78, 5) is 22.8. The van der Waals surface area contributed by atoms with E-state index in [1.54, 1.807) is 4.83 Å². The van der Waals surface area contributed by atoms with E-state index in [2.05, 4.69) is 0 Å². The Morgan fingerprint density at radius 3 is 2.42 bits per heavy atom. The maximum Gasteiger partial charge on any atom is 0.270 e. The molecule has 0 aliphatic rings. The molecular weight excluding hydrogens is 348 g/mol. The normalized spacial score (nSPS) is 11.1. The van der Waals surface area contributed by atoms with Crippen LogP contribution >= 0.6 is 0 Å². The topological polar surface area (TPSA) is 118 Å². The Morgan fingerprint density at radius 1 is 1.08 bits per heavy atom. The van der Waals surface area contributed by atoms with E-state index >= 15 is 0 Å². The number of nitrogens with zero attached hydrogens (tertiary/aromatic N) is 1. The van der Waals surface area contributed by atoms with Gasteiger partial charge in [0, 0.05) is 17.7 Å². The lowest BCUT2D eigenvalue weighted by molar-refractivity contribution is -0.384. The van der Waals surface area contributed by atoms with Gasteiger partial charge in [-0.25, -0.2) is 17.2 Å². The summed E-state index contributed by atoms with van der Waals surface area (Å²) in [5.74, 6) is -3.57. The van der Waals surface area contributed by atoms with Crippen molar-refractivity contribution in [3.63, 3.8) is 0 Å². The molecule has 8 nitrogen and oxygen atoms in total. The van der Waals surface area contributed by atoms with Gasteiger partial charge in [0.15, 0.2) is 11.6 Å². The molecule has 2 aromatic rings. The molecular formula is C13H9F2N3O5S. The van der Waals surface area contributed by atoms with Gasteiger partial charge in [-0.2, -0.15) is 0 Å². The van der Waals surface area contributed by atoms with Crippen molar-refractivity contribution in [3.05, 3.63) is 69.8 Å². The van der Waals surface area contributed by atoms with Gasteiger partial charge >= 0.3 is 0 Å². The van der Waals surface area contributed by atoms with Crippen LogP contribution in [0.3, 0.4) is 0 Å². The third kappa shape index (κ3) is 3.88. The van der Waals surface area contributed by atoms with E-state index in [0.717, 1.165) is 18.2 Å². The highest BCUT2D eigenvalue weighted by atomic mass is 32.2. The molecule has 0 spiro atoms. The number of rotatable bonds is 5. The fourth-order valence-corrected chi connectivity index (χ4v) is 2.50. The molecule has 2 N–H and O–H groups in total. The Kier molecular flexibility index (Phi) is 4.85. The number of halogens is 2. The van der Waals surface area contributed by atoms with Gasteiger partial charge in [-0.15, -0.1) is 4.83 Å². The van der Waals surface area contributed by atoms with E-state index in [1.807, 2.05) is 5.43 Å². The van der Waals surface area contributed by atoms with E-state index in [4.69, 9.17) is 0 Å². The zero-order valence-electron chi connectivity index (χ0n) is 11.7. The predicted octanol–water partition coefficient (Wildman–Crippen LogP) is 1.50. The largest absolute Gasteiger partial charge is 0.273 e. The van der Waals surface area contributed by atoms with Crippen LogP contribution in [0.1, 0.15) is 10.4 Å². The standard InChI is InChI=1S/C13H9F2N3O5S/c14-11-5-4-10(7-12(11)15)24(22,23)17-16-13(19)8-2-1-3-9(6-8)18(20)21/h1-7,17H,(H,16,19). The number of carbonyl (C=O) groups is 1. The highest BCUT2D eigenvalue weighted by Crippen LogP contribution is 2.14. The lowest BCUT2D eigenvalue weighted by Crippen LogP contribution is -2.41. The molecule has 0 saturated heterocycles. The van der Waals surface area contributed by atoms with Gasteiger partial charge < -0.3 is 0 Å². The van der Waals surface area contributed by atoms with Crippen molar-refractivity contribution in [2.45, 2.75) is 4.90 Å². The summed E-state index contributed by atoms with van der Waals surface area (Å²) in [5.41, 5.74) is 1.30. The number of non-ortho nitro benzene ring substituents is 1. The van der Waals surface area contributed by atoms with E-state index in [9.17, 15) is 32.1 Å². The third-order valence-electron chi connectivity index (χ3n) is 2.82. The lowest BCUT2D eigenvalue weighted by Gasteiger charge is -2.08. The van der Waals surface area contributed by atoms with E-state index in [0.29, 0.717) is 12.1 Å². The minimum atomic E-state index is -4.35. The molecule has 2 rings (SSSR count). The summed E-state index contributed by atoms with van der Waals surface area (Å²) in [5, 5.41) is 10.6. The average Bonchev–Trinajstić information content (AvgIpc) is 2.55. The van der Waals surface area contributed by atoms with Crippen molar-refractivity contribution in [1.82, 2.24) is 10.3 Å². The fraction of sp³-hybridized carbons (Fsp3) is 0. The summed E-state index contributed by atoms with van der Waals surface area (Å²) >= 11 is 0.